The van der Waals surface area contributed by atoms with Gasteiger partial charge < -0.3 is 9.47 Å². The molecule has 0 radical (unpaired) electrons. The Bertz CT molecular complexity index is 645. The van der Waals surface area contributed by atoms with Crippen molar-refractivity contribution in [3.63, 3.8) is 0 Å². The molecule has 0 fully saturated rings. The van der Waals surface area contributed by atoms with Crippen LogP contribution in [0.15, 0.2) is 42.5 Å². The fourth-order valence-electron chi connectivity index (χ4n) is 1.85. The summed E-state index contributed by atoms with van der Waals surface area (Å²) in [6, 6.07) is 10.9. The second-order valence-electron chi connectivity index (χ2n) is 4.31. The zero-order chi connectivity index (χ0) is 15.2. The number of nitrogens with zero attached hydrogens (tertiary/aromatic N) is 1. The van der Waals surface area contributed by atoms with Crippen molar-refractivity contribution in [2.24, 2.45) is 0 Å². The van der Waals surface area contributed by atoms with Crippen LogP contribution in [-0.4, -0.2) is 18.1 Å². The van der Waals surface area contributed by atoms with Crippen molar-refractivity contribution in [2.75, 3.05) is 13.2 Å². The first-order valence-electron chi connectivity index (χ1n) is 6.33. The lowest BCUT2D eigenvalue weighted by atomic mass is 10.2. The van der Waals surface area contributed by atoms with Crippen molar-refractivity contribution in [2.45, 2.75) is 6.92 Å². The average Bonchev–Trinajstić information content (AvgIpc) is 2.45. The van der Waals surface area contributed by atoms with Gasteiger partial charge in [-0.05, 0) is 25.1 Å². The molecule has 0 amide bonds. The van der Waals surface area contributed by atoms with Gasteiger partial charge in [0.25, 0.3) is 0 Å². The Hall–Kier alpha value is -2.63. The number of nitro groups is 1. The Morgan fingerprint density at radius 3 is 2.33 bits per heavy atom. The molecule has 0 unspecified atom stereocenters. The summed E-state index contributed by atoms with van der Waals surface area (Å²) in [5, 5.41) is 11.0. The minimum Gasteiger partial charge on any atom is -0.487 e. The SMILES string of the molecule is Cc1cccc(OCCOc2ccccc2F)c1[N+](=O)[O-]. The van der Waals surface area contributed by atoms with Crippen molar-refractivity contribution in [1.29, 1.82) is 0 Å². The van der Waals surface area contributed by atoms with E-state index < -0.39 is 10.7 Å². The first-order chi connectivity index (χ1) is 10.1. The number of halogens is 1. The van der Waals surface area contributed by atoms with Crippen LogP contribution < -0.4 is 9.47 Å². The molecule has 0 spiro atoms. The third-order valence-corrected chi connectivity index (χ3v) is 2.82. The number of hydrogen-bond acceptors (Lipinski definition) is 4. The molecule has 0 bridgehead atoms. The monoisotopic (exact) mass is 291 g/mol. The minimum absolute atomic E-state index is 0.0663. The van der Waals surface area contributed by atoms with Gasteiger partial charge in [-0.2, -0.15) is 0 Å². The Balaban J connectivity index is 1.94. The summed E-state index contributed by atoms with van der Waals surface area (Å²) in [5.74, 6) is -0.156. The highest BCUT2D eigenvalue weighted by molar-refractivity contribution is 5.52. The van der Waals surface area contributed by atoms with Crippen LogP contribution in [0.4, 0.5) is 10.1 Å². The summed E-state index contributed by atoms with van der Waals surface area (Å²) >= 11 is 0. The van der Waals surface area contributed by atoms with E-state index in [1.54, 1.807) is 31.2 Å². The average molecular weight is 291 g/mol. The topological polar surface area (TPSA) is 61.6 Å². The normalized spacial score (nSPS) is 10.2. The highest BCUT2D eigenvalue weighted by Crippen LogP contribution is 2.30. The zero-order valence-corrected chi connectivity index (χ0v) is 11.4. The molecule has 2 aromatic carbocycles. The maximum absolute atomic E-state index is 13.3. The largest absolute Gasteiger partial charge is 0.487 e. The van der Waals surface area contributed by atoms with Crippen LogP contribution in [0.1, 0.15) is 5.56 Å². The molecule has 0 N–H and O–H groups in total. The number of benzene rings is 2. The van der Waals surface area contributed by atoms with E-state index in [1.807, 2.05) is 0 Å². The van der Waals surface area contributed by atoms with Crippen LogP contribution in [0.3, 0.4) is 0 Å². The van der Waals surface area contributed by atoms with Gasteiger partial charge in [0.15, 0.2) is 17.3 Å². The minimum atomic E-state index is -0.484. The number of rotatable bonds is 6. The van der Waals surface area contributed by atoms with E-state index in [0.717, 1.165) is 0 Å². The van der Waals surface area contributed by atoms with E-state index in [1.165, 1.54) is 18.2 Å². The fraction of sp³-hybridized carbons (Fsp3) is 0.200. The Kier molecular flexibility index (Phi) is 4.71. The molecular weight excluding hydrogens is 277 g/mol. The van der Waals surface area contributed by atoms with Crippen molar-refractivity contribution in [3.05, 3.63) is 64.0 Å². The molecule has 6 heteroatoms. The molecular formula is C15H14FNO4. The fourth-order valence-corrected chi connectivity index (χ4v) is 1.85. The smallest absolute Gasteiger partial charge is 0.313 e. The maximum Gasteiger partial charge on any atom is 0.313 e. The van der Waals surface area contributed by atoms with Gasteiger partial charge in [-0.25, -0.2) is 4.39 Å². The second-order valence-corrected chi connectivity index (χ2v) is 4.31. The second kappa shape index (κ2) is 6.69. The first-order valence-corrected chi connectivity index (χ1v) is 6.33. The highest BCUT2D eigenvalue weighted by Gasteiger charge is 2.17. The molecule has 0 heterocycles. The van der Waals surface area contributed by atoms with Crippen LogP contribution in [0.2, 0.25) is 0 Å². The van der Waals surface area contributed by atoms with E-state index in [2.05, 4.69) is 0 Å². The zero-order valence-electron chi connectivity index (χ0n) is 11.4. The van der Waals surface area contributed by atoms with Crippen LogP contribution in [0.5, 0.6) is 11.5 Å². The quantitative estimate of drug-likeness (QED) is 0.464. The lowest BCUT2D eigenvalue weighted by molar-refractivity contribution is -0.386. The van der Waals surface area contributed by atoms with Gasteiger partial charge >= 0.3 is 5.69 Å². The Morgan fingerprint density at radius 1 is 1.05 bits per heavy atom. The number of nitro benzene ring substituents is 1. The van der Waals surface area contributed by atoms with Crippen LogP contribution in [0.25, 0.3) is 0 Å². The number of hydrogen-bond donors (Lipinski definition) is 0. The van der Waals surface area contributed by atoms with Crippen molar-refractivity contribution < 1.29 is 18.8 Å². The van der Waals surface area contributed by atoms with Crippen LogP contribution in [0, 0.1) is 22.9 Å². The standard InChI is InChI=1S/C15H14FNO4/c1-11-5-4-8-14(15(11)17(18)19)21-10-9-20-13-7-3-2-6-12(13)16/h2-8H,9-10H2,1H3. The van der Waals surface area contributed by atoms with Gasteiger partial charge in [0.2, 0.25) is 0 Å². The lowest BCUT2D eigenvalue weighted by Crippen LogP contribution is -2.10. The lowest BCUT2D eigenvalue weighted by Gasteiger charge is -2.09. The van der Waals surface area contributed by atoms with Crippen molar-refractivity contribution in [1.82, 2.24) is 0 Å². The van der Waals surface area contributed by atoms with Gasteiger partial charge in [0.1, 0.15) is 13.2 Å². The van der Waals surface area contributed by atoms with Crippen molar-refractivity contribution >= 4 is 5.69 Å². The van der Waals surface area contributed by atoms with Gasteiger partial charge in [0, 0.05) is 5.56 Å². The van der Waals surface area contributed by atoms with Gasteiger partial charge in [-0.3, -0.25) is 10.1 Å². The molecule has 0 saturated heterocycles. The third-order valence-electron chi connectivity index (χ3n) is 2.82. The number of para-hydroxylation sites is 2. The van der Waals surface area contributed by atoms with E-state index in [4.69, 9.17) is 9.47 Å². The molecule has 2 rings (SSSR count). The molecule has 0 saturated carbocycles. The molecule has 5 nitrogen and oxygen atoms in total. The molecule has 0 aromatic heterocycles. The van der Waals surface area contributed by atoms with Gasteiger partial charge in [-0.15, -0.1) is 0 Å². The summed E-state index contributed by atoms with van der Waals surface area (Å²) in [6.07, 6.45) is 0. The van der Waals surface area contributed by atoms with E-state index in [-0.39, 0.29) is 30.4 Å². The summed E-state index contributed by atoms with van der Waals surface area (Å²) in [4.78, 5) is 10.5. The Labute approximate surface area is 121 Å². The van der Waals surface area contributed by atoms with Gasteiger partial charge in [0.05, 0.1) is 4.92 Å². The van der Waals surface area contributed by atoms with E-state index >= 15 is 0 Å². The summed E-state index contributed by atoms with van der Waals surface area (Å²) in [5.41, 5.74) is 0.455. The summed E-state index contributed by atoms with van der Waals surface area (Å²) in [7, 11) is 0. The highest BCUT2D eigenvalue weighted by atomic mass is 19.1. The number of aryl methyl sites for hydroxylation is 1. The Morgan fingerprint density at radius 2 is 1.67 bits per heavy atom. The van der Waals surface area contributed by atoms with Crippen molar-refractivity contribution in [3.8, 4) is 11.5 Å². The maximum atomic E-state index is 13.3. The van der Waals surface area contributed by atoms with Crippen LogP contribution >= 0.6 is 0 Å². The summed E-state index contributed by atoms with van der Waals surface area (Å²) in [6.45, 7) is 1.81. The van der Waals surface area contributed by atoms with E-state index in [9.17, 15) is 14.5 Å². The molecule has 0 atom stereocenters. The van der Waals surface area contributed by atoms with E-state index in [0.29, 0.717) is 5.56 Å². The summed E-state index contributed by atoms with van der Waals surface area (Å²) < 4.78 is 23.9. The molecule has 0 aliphatic rings. The van der Waals surface area contributed by atoms with Crippen LogP contribution in [-0.2, 0) is 0 Å². The predicted octanol–water partition coefficient (Wildman–Crippen LogP) is 3.50. The third kappa shape index (κ3) is 3.68. The molecule has 21 heavy (non-hydrogen) atoms. The molecule has 2 aromatic rings. The number of ether oxygens (including phenoxy) is 2. The molecule has 0 aliphatic carbocycles. The molecule has 110 valence electrons. The first kappa shape index (κ1) is 14.8. The predicted molar refractivity (Wildman–Crippen MR) is 75.2 cm³/mol. The van der Waals surface area contributed by atoms with Gasteiger partial charge in [-0.1, -0.05) is 24.3 Å². The molecule has 0 aliphatic heterocycles.